The third-order valence-electron chi connectivity index (χ3n) is 2.57. The number of nitrogens with zero attached hydrogens (tertiary/aromatic N) is 2. The summed E-state index contributed by atoms with van der Waals surface area (Å²) >= 11 is 0. The predicted molar refractivity (Wildman–Crippen MR) is 72.4 cm³/mol. The molecule has 0 radical (unpaired) electrons. The summed E-state index contributed by atoms with van der Waals surface area (Å²) in [7, 11) is 3.54. The van der Waals surface area contributed by atoms with Gasteiger partial charge in [-0.3, -0.25) is 14.6 Å². The SMILES string of the molecule is CCOC(=O)CCN(C(=O)c1ccccc1)N(C)C. The van der Waals surface area contributed by atoms with Crippen LogP contribution in [0, 0.1) is 0 Å². The predicted octanol–water partition coefficient (Wildman–Crippen LogP) is 1.56. The minimum Gasteiger partial charge on any atom is -0.466 e. The lowest BCUT2D eigenvalue weighted by Gasteiger charge is -2.28. The van der Waals surface area contributed by atoms with Gasteiger partial charge in [-0.1, -0.05) is 18.2 Å². The molecule has 0 N–H and O–H groups in total. The van der Waals surface area contributed by atoms with E-state index in [1.807, 2.05) is 18.2 Å². The highest BCUT2D eigenvalue weighted by Crippen LogP contribution is 2.07. The van der Waals surface area contributed by atoms with Gasteiger partial charge in [0, 0.05) is 26.2 Å². The van der Waals surface area contributed by atoms with Gasteiger partial charge in [0.2, 0.25) is 0 Å². The van der Waals surface area contributed by atoms with Crippen LogP contribution < -0.4 is 0 Å². The van der Waals surface area contributed by atoms with Gasteiger partial charge in [-0.2, -0.15) is 0 Å². The average Bonchev–Trinajstić information content (AvgIpc) is 2.39. The number of benzene rings is 1. The van der Waals surface area contributed by atoms with E-state index in [2.05, 4.69) is 0 Å². The standard InChI is InChI=1S/C14H20N2O3/c1-4-19-13(17)10-11-16(15(2)3)14(18)12-8-6-5-7-9-12/h5-9H,4,10-11H2,1-3H3. The second-order valence-corrected chi connectivity index (χ2v) is 4.20. The van der Waals surface area contributed by atoms with Crippen LogP contribution in [0.3, 0.4) is 0 Å². The highest BCUT2D eigenvalue weighted by molar-refractivity contribution is 5.94. The Morgan fingerprint density at radius 2 is 1.79 bits per heavy atom. The Hall–Kier alpha value is -1.88. The fourth-order valence-corrected chi connectivity index (χ4v) is 1.64. The summed E-state index contributed by atoms with van der Waals surface area (Å²) in [5.74, 6) is -0.426. The number of esters is 1. The minimum absolute atomic E-state index is 0.130. The Labute approximate surface area is 113 Å². The van der Waals surface area contributed by atoms with Gasteiger partial charge in [0.15, 0.2) is 0 Å². The molecule has 0 heterocycles. The second kappa shape index (κ2) is 7.53. The summed E-state index contributed by atoms with van der Waals surface area (Å²) in [6.45, 7) is 2.42. The van der Waals surface area contributed by atoms with Gasteiger partial charge in [0.25, 0.3) is 5.91 Å². The van der Waals surface area contributed by atoms with Gasteiger partial charge in [-0.15, -0.1) is 0 Å². The third kappa shape index (κ3) is 4.71. The molecule has 19 heavy (non-hydrogen) atoms. The molecule has 0 saturated heterocycles. The molecule has 1 aromatic rings. The number of carbonyl (C=O) groups is 2. The van der Waals surface area contributed by atoms with Crippen molar-refractivity contribution in [3.8, 4) is 0 Å². The van der Waals surface area contributed by atoms with Crippen molar-refractivity contribution in [1.82, 2.24) is 10.0 Å². The molecule has 1 rings (SSSR count). The van der Waals surface area contributed by atoms with Crippen molar-refractivity contribution in [2.24, 2.45) is 0 Å². The van der Waals surface area contributed by atoms with E-state index in [0.29, 0.717) is 18.7 Å². The van der Waals surface area contributed by atoms with E-state index in [1.54, 1.807) is 38.2 Å². The van der Waals surface area contributed by atoms with Crippen LogP contribution in [0.2, 0.25) is 0 Å². The van der Waals surface area contributed by atoms with Crippen molar-refractivity contribution in [3.63, 3.8) is 0 Å². The first-order valence-electron chi connectivity index (χ1n) is 6.26. The van der Waals surface area contributed by atoms with Crippen molar-refractivity contribution in [2.45, 2.75) is 13.3 Å². The number of hydrazine groups is 1. The normalized spacial score (nSPS) is 10.3. The van der Waals surface area contributed by atoms with Crippen LogP contribution in [0.1, 0.15) is 23.7 Å². The maximum atomic E-state index is 12.3. The van der Waals surface area contributed by atoms with Crippen LogP contribution in [0.5, 0.6) is 0 Å². The maximum Gasteiger partial charge on any atom is 0.307 e. The molecule has 104 valence electrons. The van der Waals surface area contributed by atoms with E-state index in [4.69, 9.17) is 4.74 Å². The lowest BCUT2D eigenvalue weighted by Crippen LogP contribution is -2.43. The molecule has 1 amide bonds. The summed E-state index contributed by atoms with van der Waals surface area (Å²) in [5.41, 5.74) is 0.597. The van der Waals surface area contributed by atoms with Crippen LogP contribution in [-0.4, -0.2) is 49.1 Å². The van der Waals surface area contributed by atoms with Crippen molar-refractivity contribution >= 4 is 11.9 Å². The van der Waals surface area contributed by atoms with Crippen LogP contribution in [0.15, 0.2) is 30.3 Å². The zero-order chi connectivity index (χ0) is 14.3. The summed E-state index contributed by atoms with van der Waals surface area (Å²) in [5, 5.41) is 3.20. The van der Waals surface area contributed by atoms with Gasteiger partial charge in [-0.25, -0.2) is 5.01 Å². The van der Waals surface area contributed by atoms with Crippen molar-refractivity contribution in [3.05, 3.63) is 35.9 Å². The quantitative estimate of drug-likeness (QED) is 0.578. The molecular formula is C14H20N2O3. The largest absolute Gasteiger partial charge is 0.466 e. The number of amides is 1. The molecule has 0 bridgehead atoms. The highest BCUT2D eigenvalue weighted by atomic mass is 16.5. The summed E-state index contributed by atoms with van der Waals surface area (Å²) in [6, 6.07) is 8.99. The molecule has 0 aromatic heterocycles. The fraction of sp³-hybridized carbons (Fsp3) is 0.429. The Balaban J connectivity index is 2.68. The molecule has 0 saturated carbocycles. The molecule has 5 nitrogen and oxygen atoms in total. The summed E-state index contributed by atoms with van der Waals surface area (Å²) in [6.07, 6.45) is 0.185. The second-order valence-electron chi connectivity index (χ2n) is 4.20. The molecule has 1 aromatic carbocycles. The van der Waals surface area contributed by atoms with Crippen LogP contribution in [-0.2, 0) is 9.53 Å². The Kier molecular flexibility index (Phi) is 6.02. The van der Waals surface area contributed by atoms with E-state index in [0.717, 1.165) is 0 Å². The molecule has 5 heteroatoms. The molecule has 0 atom stereocenters. The Morgan fingerprint density at radius 3 is 2.32 bits per heavy atom. The zero-order valence-corrected chi connectivity index (χ0v) is 11.6. The van der Waals surface area contributed by atoms with E-state index in [9.17, 15) is 9.59 Å². The first-order valence-corrected chi connectivity index (χ1v) is 6.26. The maximum absolute atomic E-state index is 12.3. The molecule has 0 spiro atoms. The van der Waals surface area contributed by atoms with Gasteiger partial charge >= 0.3 is 5.97 Å². The Bertz CT molecular complexity index is 418. The van der Waals surface area contributed by atoms with Gasteiger partial charge in [-0.05, 0) is 19.1 Å². The van der Waals surface area contributed by atoms with Crippen LogP contribution >= 0.6 is 0 Å². The fourth-order valence-electron chi connectivity index (χ4n) is 1.64. The van der Waals surface area contributed by atoms with Crippen LogP contribution in [0.4, 0.5) is 0 Å². The average molecular weight is 264 g/mol. The zero-order valence-electron chi connectivity index (χ0n) is 11.6. The van der Waals surface area contributed by atoms with Crippen molar-refractivity contribution in [1.29, 1.82) is 0 Å². The Morgan fingerprint density at radius 1 is 1.16 bits per heavy atom. The summed E-state index contributed by atoms with van der Waals surface area (Å²) < 4.78 is 4.86. The number of hydrogen-bond acceptors (Lipinski definition) is 4. The minimum atomic E-state index is -0.296. The van der Waals surface area contributed by atoms with Crippen molar-refractivity contribution in [2.75, 3.05) is 27.2 Å². The van der Waals surface area contributed by atoms with E-state index < -0.39 is 0 Å². The lowest BCUT2D eigenvalue weighted by molar-refractivity contribution is -0.143. The van der Waals surface area contributed by atoms with Crippen LogP contribution in [0.25, 0.3) is 0 Å². The molecule has 0 aliphatic heterocycles. The van der Waals surface area contributed by atoms with Gasteiger partial charge in [0.1, 0.15) is 0 Å². The molecule has 0 unspecified atom stereocenters. The van der Waals surface area contributed by atoms with E-state index in [1.165, 1.54) is 5.01 Å². The molecule has 0 fully saturated rings. The molecular weight excluding hydrogens is 244 g/mol. The van der Waals surface area contributed by atoms with Gasteiger partial charge < -0.3 is 4.74 Å². The smallest absolute Gasteiger partial charge is 0.307 e. The monoisotopic (exact) mass is 264 g/mol. The number of ether oxygens (including phenoxy) is 1. The van der Waals surface area contributed by atoms with Crippen molar-refractivity contribution < 1.29 is 14.3 Å². The lowest BCUT2D eigenvalue weighted by atomic mass is 10.2. The molecule has 0 aliphatic rings. The molecule has 0 aliphatic carbocycles. The van der Waals surface area contributed by atoms with E-state index >= 15 is 0 Å². The number of hydrogen-bond donors (Lipinski definition) is 0. The first-order chi connectivity index (χ1) is 9.06. The topological polar surface area (TPSA) is 49.9 Å². The van der Waals surface area contributed by atoms with E-state index in [-0.39, 0.29) is 18.3 Å². The highest BCUT2D eigenvalue weighted by Gasteiger charge is 2.18. The number of carbonyl (C=O) groups excluding carboxylic acids is 2. The number of rotatable bonds is 6. The third-order valence-corrected chi connectivity index (χ3v) is 2.57. The van der Waals surface area contributed by atoms with Gasteiger partial charge in [0.05, 0.1) is 13.0 Å². The first kappa shape index (κ1) is 15.2. The summed E-state index contributed by atoms with van der Waals surface area (Å²) in [4.78, 5) is 23.6.